The number of rotatable bonds is 6. The molecule has 0 radical (unpaired) electrons. The van der Waals surface area contributed by atoms with Crippen LogP contribution in [0.2, 0.25) is 0 Å². The largest absolute Gasteiger partial charge is 0.477 e. The van der Waals surface area contributed by atoms with Gasteiger partial charge in [-0.3, -0.25) is 4.84 Å². The van der Waals surface area contributed by atoms with Crippen molar-refractivity contribution in [2.24, 2.45) is 5.92 Å². The highest BCUT2D eigenvalue weighted by atomic mass is 79.9. The topological polar surface area (TPSA) is 92.7 Å². The van der Waals surface area contributed by atoms with E-state index in [0.717, 1.165) is 17.4 Å². The molecular formula is C9H12BrNO5S2. The summed E-state index contributed by atoms with van der Waals surface area (Å²) in [5, 5.41) is 8.78. The van der Waals surface area contributed by atoms with Gasteiger partial charge in [0.1, 0.15) is 9.77 Å². The second-order valence-electron chi connectivity index (χ2n) is 3.85. The average molecular weight is 358 g/mol. The molecule has 1 heterocycles. The second-order valence-corrected chi connectivity index (χ2v) is 7.83. The van der Waals surface area contributed by atoms with Crippen LogP contribution in [0, 0.1) is 5.92 Å². The zero-order valence-corrected chi connectivity index (χ0v) is 12.9. The lowest BCUT2D eigenvalue weighted by atomic mass is 10.2. The van der Waals surface area contributed by atoms with Gasteiger partial charge in [0.25, 0.3) is 10.0 Å². The van der Waals surface area contributed by atoms with Gasteiger partial charge in [-0.2, -0.15) is 0 Å². The van der Waals surface area contributed by atoms with Crippen molar-refractivity contribution in [2.45, 2.75) is 18.7 Å². The Bertz CT molecular complexity index is 537. The lowest BCUT2D eigenvalue weighted by Crippen LogP contribution is -2.25. The Hall–Kier alpha value is -0.480. The molecule has 0 atom stereocenters. The summed E-state index contributed by atoms with van der Waals surface area (Å²) in [6.45, 7) is 3.97. The predicted molar refractivity (Wildman–Crippen MR) is 70.1 cm³/mol. The number of halogens is 1. The monoisotopic (exact) mass is 357 g/mol. The summed E-state index contributed by atoms with van der Waals surface area (Å²) in [5.74, 6) is -1.00. The van der Waals surface area contributed by atoms with Crippen molar-refractivity contribution in [3.8, 4) is 0 Å². The van der Waals surface area contributed by atoms with Crippen LogP contribution < -0.4 is 4.89 Å². The molecule has 0 spiro atoms. The maximum Gasteiger partial charge on any atom is 0.345 e. The Kier molecular flexibility index (Phi) is 5.29. The highest BCUT2D eigenvalue weighted by Crippen LogP contribution is 2.31. The molecule has 0 bridgehead atoms. The van der Waals surface area contributed by atoms with Crippen LogP contribution in [0.5, 0.6) is 0 Å². The summed E-state index contributed by atoms with van der Waals surface area (Å²) in [5.41, 5.74) is 0. The van der Waals surface area contributed by atoms with Crippen LogP contribution in [0.25, 0.3) is 0 Å². The fraction of sp³-hybridized carbons (Fsp3) is 0.444. The fourth-order valence-electron chi connectivity index (χ4n) is 0.964. The second kappa shape index (κ2) is 6.11. The first-order valence-corrected chi connectivity index (χ1v) is 7.99. The van der Waals surface area contributed by atoms with E-state index in [1.165, 1.54) is 0 Å². The van der Waals surface area contributed by atoms with Gasteiger partial charge in [-0.15, -0.1) is 11.3 Å². The van der Waals surface area contributed by atoms with E-state index >= 15 is 0 Å². The van der Waals surface area contributed by atoms with Crippen LogP contribution in [0.1, 0.15) is 23.5 Å². The van der Waals surface area contributed by atoms with Gasteiger partial charge in [0.15, 0.2) is 0 Å². The SMILES string of the molecule is CC(C)CONS(=O)(=O)c1cc(C(=O)O)sc1Br. The third-order valence-electron chi connectivity index (χ3n) is 1.74. The molecule has 0 unspecified atom stereocenters. The molecule has 0 saturated carbocycles. The van der Waals surface area contributed by atoms with Gasteiger partial charge in [-0.1, -0.05) is 18.7 Å². The highest BCUT2D eigenvalue weighted by molar-refractivity contribution is 9.11. The number of sulfonamides is 1. The first kappa shape index (κ1) is 15.6. The Morgan fingerprint density at radius 1 is 1.61 bits per heavy atom. The number of thiophene rings is 1. The molecule has 18 heavy (non-hydrogen) atoms. The molecule has 9 heteroatoms. The van der Waals surface area contributed by atoms with Crippen molar-refractivity contribution in [3.63, 3.8) is 0 Å². The summed E-state index contributed by atoms with van der Waals surface area (Å²) in [4.78, 5) is 17.3. The van der Waals surface area contributed by atoms with E-state index in [1.807, 2.05) is 18.7 Å². The van der Waals surface area contributed by atoms with Crippen molar-refractivity contribution in [3.05, 3.63) is 14.7 Å². The third kappa shape index (κ3) is 4.02. The maximum absolute atomic E-state index is 11.8. The van der Waals surface area contributed by atoms with Crippen LogP contribution in [0.15, 0.2) is 14.7 Å². The van der Waals surface area contributed by atoms with E-state index in [2.05, 4.69) is 15.9 Å². The average Bonchev–Trinajstić information content (AvgIpc) is 2.60. The summed E-state index contributed by atoms with van der Waals surface area (Å²) in [7, 11) is -3.87. The van der Waals surface area contributed by atoms with Crippen molar-refractivity contribution in [1.82, 2.24) is 4.89 Å². The zero-order valence-electron chi connectivity index (χ0n) is 9.64. The molecule has 2 N–H and O–H groups in total. The zero-order chi connectivity index (χ0) is 13.9. The predicted octanol–water partition coefficient (Wildman–Crippen LogP) is 2.07. The van der Waals surface area contributed by atoms with E-state index in [4.69, 9.17) is 9.94 Å². The molecular weight excluding hydrogens is 346 g/mol. The number of carbonyl (C=O) groups is 1. The van der Waals surface area contributed by atoms with Gasteiger partial charge < -0.3 is 5.11 Å². The minimum atomic E-state index is -3.87. The Morgan fingerprint density at radius 2 is 2.22 bits per heavy atom. The number of carboxylic acids is 1. The number of hydrogen-bond donors (Lipinski definition) is 2. The Balaban J connectivity index is 2.88. The van der Waals surface area contributed by atoms with Crippen molar-refractivity contribution in [2.75, 3.05) is 6.61 Å². The number of hydrogen-bond acceptors (Lipinski definition) is 5. The quantitative estimate of drug-likeness (QED) is 0.760. The molecule has 0 amide bonds. The molecule has 0 aliphatic rings. The summed E-state index contributed by atoms with van der Waals surface area (Å²) in [6, 6.07) is 1.08. The van der Waals surface area contributed by atoms with Crippen molar-refractivity contribution < 1.29 is 23.2 Å². The standard InChI is InChI=1S/C9H12BrNO5S2/c1-5(2)4-16-11-18(14,15)7-3-6(9(12)13)17-8(7)10/h3,5,11H,4H2,1-2H3,(H,12,13). The summed E-state index contributed by atoms with van der Waals surface area (Å²) >= 11 is 3.85. The van der Waals surface area contributed by atoms with Gasteiger partial charge in [-0.05, 0) is 27.9 Å². The van der Waals surface area contributed by atoms with Gasteiger partial charge in [0, 0.05) is 0 Å². The number of aromatic carboxylic acids is 1. The van der Waals surface area contributed by atoms with Crippen LogP contribution in [-0.4, -0.2) is 26.1 Å². The Morgan fingerprint density at radius 3 is 2.67 bits per heavy atom. The summed E-state index contributed by atoms with van der Waals surface area (Å²) in [6.07, 6.45) is 0. The molecule has 6 nitrogen and oxygen atoms in total. The molecule has 0 aliphatic carbocycles. The van der Waals surface area contributed by atoms with E-state index < -0.39 is 16.0 Å². The lowest BCUT2D eigenvalue weighted by molar-refractivity contribution is 0.0701. The number of carboxylic acid groups (broad SMARTS) is 1. The molecule has 0 saturated heterocycles. The minimum Gasteiger partial charge on any atom is -0.477 e. The molecule has 0 aromatic carbocycles. The van der Waals surface area contributed by atoms with E-state index in [0.29, 0.717) is 0 Å². The van der Waals surface area contributed by atoms with Gasteiger partial charge in [-0.25, -0.2) is 13.2 Å². The molecule has 0 fully saturated rings. The van der Waals surface area contributed by atoms with Crippen LogP contribution >= 0.6 is 27.3 Å². The van der Waals surface area contributed by atoms with Crippen LogP contribution in [0.3, 0.4) is 0 Å². The first-order chi connectivity index (χ1) is 8.24. The molecule has 1 aromatic heterocycles. The molecule has 0 aliphatic heterocycles. The first-order valence-electron chi connectivity index (χ1n) is 4.90. The Labute approximate surface area is 117 Å². The van der Waals surface area contributed by atoms with Gasteiger partial charge >= 0.3 is 5.97 Å². The molecule has 1 aromatic rings. The molecule has 1 rings (SSSR count). The summed E-state index contributed by atoms with van der Waals surface area (Å²) < 4.78 is 23.9. The van der Waals surface area contributed by atoms with Gasteiger partial charge in [0.2, 0.25) is 0 Å². The maximum atomic E-state index is 11.8. The van der Waals surface area contributed by atoms with E-state index in [1.54, 1.807) is 0 Å². The molecule has 102 valence electrons. The van der Waals surface area contributed by atoms with E-state index in [9.17, 15) is 13.2 Å². The van der Waals surface area contributed by atoms with Crippen LogP contribution in [0.4, 0.5) is 0 Å². The highest BCUT2D eigenvalue weighted by Gasteiger charge is 2.23. The fourth-order valence-corrected chi connectivity index (χ4v) is 4.18. The smallest absolute Gasteiger partial charge is 0.345 e. The van der Waals surface area contributed by atoms with E-state index in [-0.39, 0.29) is 26.1 Å². The van der Waals surface area contributed by atoms with Crippen molar-refractivity contribution >= 4 is 43.3 Å². The normalized spacial score (nSPS) is 12.0. The third-order valence-corrected chi connectivity index (χ3v) is 5.20. The van der Waals surface area contributed by atoms with Crippen LogP contribution in [-0.2, 0) is 14.9 Å². The lowest BCUT2D eigenvalue weighted by Gasteiger charge is -2.07. The minimum absolute atomic E-state index is 0.0638. The van der Waals surface area contributed by atoms with Crippen molar-refractivity contribution in [1.29, 1.82) is 0 Å². The van der Waals surface area contributed by atoms with Gasteiger partial charge in [0.05, 0.1) is 10.4 Å². The number of nitrogens with one attached hydrogen (secondary N) is 1.